The normalized spacial score (nSPS) is 12.5. The highest BCUT2D eigenvalue weighted by molar-refractivity contribution is 5.76. The molecule has 77 heavy (non-hydrogen) atoms. The topological polar surface area (TPSA) is 95.9 Å². The lowest BCUT2D eigenvalue weighted by Crippen LogP contribution is -2.45. The van der Waals surface area contributed by atoms with Gasteiger partial charge in [-0.1, -0.05) is 353 Å². The molecule has 0 rings (SSSR count). The van der Waals surface area contributed by atoms with Gasteiger partial charge in [0.15, 0.2) is 0 Å². The van der Waals surface area contributed by atoms with Crippen molar-refractivity contribution >= 4 is 11.9 Å². The molecule has 2 unspecified atom stereocenters. The molecule has 0 aromatic heterocycles. The van der Waals surface area contributed by atoms with Gasteiger partial charge in [-0.15, -0.1) is 0 Å². The number of nitrogens with one attached hydrogen (secondary N) is 1. The van der Waals surface area contributed by atoms with E-state index in [-0.39, 0.29) is 18.5 Å². The van der Waals surface area contributed by atoms with Gasteiger partial charge in [0.25, 0.3) is 0 Å². The third-order valence-corrected chi connectivity index (χ3v) is 16.8. The van der Waals surface area contributed by atoms with E-state index >= 15 is 0 Å². The second-order valence-electron chi connectivity index (χ2n) is 24.6. The summed E-state index contributed by atoms with van der Waals surface area (Å²) in [5.41, 5.74) is 0. The Morgan fingerprint density at radius 3 is 0.922 bits per heavy atom. The third kappa shape index (κ3) is 63.6. The summed E-state index contributed by atoms with van der Waals surface area (Å²) in [4.78, 5) is 24.7. The number of aliphatic hydroxyl groups excluding tert-OH is 2. The largest absolute Gasteiger partial charge is 0.466 e. The van der Waals surface area contributed by atoms with Crippen molar-refractivity contribution in [1.82, 2.24) is 5.32 Å². The summed E-state index contributed by atoms with van der Waals surface area (Å²) in [5, 5.41) is 23.4. The SMILES string of the molecule is CCCCCCCCCCCCCCCCCCCCCCCC(O)C(CO)NC(=O)CCCCCCCCC/C=C\CCCCCCCCCCCCOC(=O)CCCCCCCCCCCCCCCCCCCC. The lowest BCUT2D eigenvalue weighted by molar-refractivity contribution is -0.143. The van der Waals surface area contributed by atoms with Gasteiger partial charge in [0.05, 0.1) is 25.4 Å². The minimum atomic E-state index is -0.670. The van der Waals surface area contributed by atoms with Gasteiger partial charge < -0.3 is 20.3 Å². The van der Waals surface area contributed by atoms with E-state index in [1.54, 1.807) is 0 Å². The molecule has 0 aliphatic rings. The molecule has 3 N–H and O–H groups in total. The predicted octanol–water partition coefficient (Wildman–Crippen LogP) is 22.8. The summed E-state index contributed by atoms with van der Waals surface area (Å²) in [6.45, 7) is 4.99. The standard InChI is InChI=1S/C71H139NO5/c1-3-5-7-9-11-13-15-17-19-21-23-25-28-31-35-39-43-47-51-55-59-63-69(74)68(67-73)72-70(75)64-60-56-52-48-44-40-36-32-29-26-24-27-30-34-38-42-46-50-54-58-62-66-77-71(76)65-61-57-53-49-45-41-37-33-22-20-18-16-14-12-10-8-6-4-2/h26,29,68-69,73-74H,3-25,27-28,30-67H2,1-2H3,(H,72,75)/b29-26-. The number of carbonyl (C=O) groups is 2. The summed E-state index contributed by atoms with van der Waals surface area (Å²) in [6.07, 6.45) is 82.5. The quantitative estimate of drug-likeness (QED) is 0.0320. The highest BCUT2D eigenvalue weighted by Gasteiger charge is 2.20. The van der Waals surface area contributed by atoms with Crippen molar-refractivity contribution in [3.8, 4) is 0 Å². The average molecular weight is 1090 g/mol. The van der Waals surface area contributed by atoms with E-state index in [1.165, 1.54) is 334 Å². The first kappa shape index (κ1) is 75.6. The van der Waals surface area contributed by atoms with Crippen LogP contribution < -0.4 is 5.32 Å². The number of ether oxygens (including phenoxy) is 1. The van der Waals surface area contributed by atoms with Gasteiger partial charge in [0.1, 0.15) is 0 Å². The van der Waals surface area contributed by atoms with Gasteiger partial charge in [-0.2, -0.15) is 0 Å². The van der Waals surface area contributed by atoms with Crippen LogP contribution in [-0.2, 0) is 14.3 Å². The molecule has 6 heteroatoms. The number of esters is 1. The molecule has 0 aliphatic heterocycles. The van der Waals surface area contributed by atoms with Gasteiger partial charge in [-0.25, -0.2) is 0 Å². The fourth-order valence-corrected chi connectivity index (χ4v) is 11.4. The Morgan fingerprint density at radius 1 is 0.351 bits per heavy atom. The van der Waals surface area contributed by atoms with Crippen LogP contribution in [0.3, 0.4) is 0 Å². The summed E-state index contributed by atoms with van der Waals surface area (Å²) in [5.74, 6) is -0.0240. The van der Waals surface area contributed by atoms with Crippen molar-refractivity contribution in [3.63, 3.8) is 0 Å². The van der Waals surface area contributed by atoms with E-state index < -0.39 is 12.1 Å². The Labute approximate surface area is 482 Å². The van der Waals surface area contributed by atoms with Crippen LogP contribution in [0.5, 0.6) is 0 Å². The highest BCUT2D eigenvalue weighted by Crippen LogP contribution is 2.19. The summed E-state index contributed by atoms with van der Waals surface area (Å²) in [6, 6.07) is -0.548. The Bertz CT molecular complexity index is 1160. The molecule has 0 saturated heterocycles. The second-order valence-corrected chi connectivity index (χ2v) is 24.6. The fourth-order valence-electron chi connectivity index (χ4n) is 11.4. The van der Waals surface area contributed by atoms with Crippen LogP contribution >= 0.6 is 0 Å². The molecule has 0 fully saturated rings. The van der Waals surface area contributed by atoms with Crippen molar-refractivity contribution in [3.05, 3.63) is 12.2 Å². The first-order valence-electron chi connectivity index (χ1n) is 35.4. The molecule has 6 nitrogen and oxygen atoms in total. The zero-order chi connectivity index (χ0) is 55.7. The summed E-state index contributed by atoms with van der Waals surface area (Å²) < 4.78 is 5.51. The van der Waals surface area contributed by atoms with Gasteiger partial charge in [0, 0.05) is 12.8 Å². The van der Waals surface area contributed by atoms with Crippen LogP contribution in [0.15, 0.2) is 12.2 Å². The lowest BCUT2D eigenvalue weighted by Gasteiger charge is -2.22. The molecule has 0 bridgehead atoms. The van der Waals surface area contributed by atoms with Crippen LogP contribution in [0.1, 0.15) is 406 Å². The highest BCUT2D eigenvalue weighted by atomic mass is 16.5. The summed E-state index contributed by atoms with van der Waals surface area (Å²) >= 11 is 0. The fraction of sp³-hybridized carbons (Fsp3) is 0.944. The van der Waals surface area contributed by atoms with E-state index in [2.05, 4.69) is 31.3 Å². The summed E-state index contributed by atoms with van der Waals surface area (Å²) in [7, 11) is 0. The maximum atomic E-state index is 12.5. The molecule has 458 valence electrons. The smallest absolute Gasteiger partial charge is 0.305 e. The van der Waals surface area contributed by atoms with Gasteiger partial charge >= 0.3 is 5.97 Å². The van der Waals surface area contributed by atoms with E-state index in [1.807, 2.05) is 0 Å². The lowest BCUT2D eigenvalue weighted by atomic mass is 10.0. The van der Waals surface area contributed by atoms with Crippen LogP contribution in [0.4, 0.5) is 0 Å². The van der Waals surface area contributed by atoms with Crippen molar-refractivity contribution < 1.29 is 24.5 Å². The number of amides is 1. The van der Waals surface area contributed by atoms with E-state index in [0.717, 1.165) is 38.5 Å². The van der Waals surface area contributed by atoms with Crippen molar-refractivity contribution in [2.45, 2.75) is 418 Å². The van der Waals surface area contributed by atoms with E-state index in [9.17, 15) is 19.8 Å². The molecule has 0 heterocycles. The molecule has 0 radical (unpaired) electrons. The zero-order valence-electron chi connectivity index (χ0n) is 52.5. The van der Waals surface area contributed by atoms with Crippen molar-refractivity contribution in [1.29, 1.82) is 0 Å². The maximum absolute atomic E-state index is 12.5. The molecule has 1 amide bonds. The van der Waals surface area contributed by atoms with Crippen molar-refractivity contribution in [2.24, 2.45) is 0 Å². The second kappa shape index (κ2) is 67.1. The Morgan fingerprint density at radius 2 is 0.610 bits per heavy atom. The third-order valence-electron chi connectivity index (χ3n) is 16.8. The Kier molecular flexibility index (Phi) is 65.9. The number of hydrogen-bond acceptors (Lipinski definition) is 5. The van der Waals surface area contributed by atoms with Crippen LogP contribution in [-0.4, -0.2) is 47.4 Å². The van der Waals surface area contributed by atoms with Crippen LogP contribution in [0.2, 0.25) is 0 Å². The van der Waals surface area contributed by atoms with Crippen LogP contribution in [0, 0.1) is 0 Å². The number of aliphatic hydroxyl groups is 2. The van der Waals surface area contributed by atoms with Gasteiger partial charge in [-0.05, 0) is 51.4 Å². The number of carbonyl (C=O) groups excluding carboxylic acids is 2. The molecule has 0 saturated carbocycles. The zero-order valence-corrected chi connectivity index (χ0v) is 52.5. The van der Waals surface area contributed by atoms with E-state index in [0.29, 0.717) is 25.9 Å². The number of allylic oxidation sites excluding steroid dienone is 2. The Hall–Kier alpha value is -1.40. The maximum Gasteiger partial charge on any atom is 0.305 e. The van der Waals surface area contributed by atoms with Crippen molar-refractivity contribution in [2.75, 3.05) is 13.2 Å². The van der Waals surface area contributed by atoms with E-state index in [4.69, 9.17) is 4.74 Å². The minimum Gasteiger partial charge on any atom is -0.466 e. The minimum absolute atomic E-state index is 0.0139. The van der Waals surface area contributed by atoms with Gasteiger partial charge in [0.2, 0.25) is 5.91 Å². The first-order chi connectivity index (χ1) is 38.0. The Balaban J connectivity index is 3.40. The molecular weight excluding hydrogens is 947 g/mol. The molecule has 2 atom stereocenters. The van der Waals surface area contributed by atoms with Crippen LogP contribution in [0.25, 0.3) is 0 Å². The molecule has 0 aromatic carbocycles. The molecule has 0 aliphatic carbocycles. The molecule has 0 spiro atoms. The van der Waals surface area contributed by atoms with Gasteiger partial charge in [-0.3, -0.25) is 9.59 Å². The molecular formula is C71H139NO5. The first-order valence-corrected chi connectivity index (χ1v) is 35.4. The molecule has 0 aromatic rings. The number of rotatable bonds is 67. The predicted molar refractivity (Wildman–Crippen MR) is 338 cm³/mol. The number of unbranched alkanes of at least 4 members (excludes halogenated alkanes) is 54. The number of hydrogen-bond donors (Lipinski definition) is 3. The monoisotopic (exact) mass is 1090 g/mol. The average Bonchev–Trinajstić information content (AvgIpc) is 3.43.